The molecule has 1 amide bonds. The Hall–Kier alpha value is -2.07. The maximum atomic E-state index is 12.1. The summed E-state index contributed by atoms with van der Waals surface area (Å²) in [6.45, 7) is 2.73. The van der Waals surface area contributed by atoms with Crippen molar-refractivity contribution in [3.63, 3.8) is 0 Å². The van der Waals surface area contributed by atoms with Crippen molar-refractivity contribution >= 4 is 32.7 Å². The molecule has 0 saturated heterocycles. The quantitative estimate of drug-likeness (QED) is 0.696. The number of rotatable bonds is 5. The molecule has 3 aromatic rings. The number of aromatic amines is 1. The van der Waals surface area contributed by atoms with Gasteiger partial charge in [0.2, 0.25) is 5.91 Å². The van der Waals surface area contributed by atoms with Crippen LogP contribution < -0.4 is 5.32 Å². The van der Waals surface area contributed by atoms with Gasteiger partial charge in [0.15, 0.2) is 0 Å². The molecule has 0 saturated carbocycles. The van der Waals surface area contributed by atoms with Gasteiger partial charge in [0.1, 0.15) is 0 Å². The zero-order chi connectivity index (χ0) is 16.2. The number of hydrogen-bond donors (Lipinski definition) is 2. The molecule has 2 N–H and O–H groups in total. The fourth-order valence-electron chi connectivity index (χ4n) is 2.88. The van der Waals surface area contributed by atoms with Crippen LogP contribution in [0.2, 0.25) is 0 Å². The lowest BCUT2D eigenvalue weighted by molar-refractivity contribution is -0.120. The van der Waals surface area contributed by atoms with Crippen molar-refractivity contribution in [3.8, 4) is 0 Å². The lowest BCUT2D eigenvalue weighted by Gasteiger charge is -2.06. The molecule has 23 heavy (non-hydrogen) atoms. The number of aromatic nitrogens is 1. The van der Waals surface area contributed by atoms with Crippen LogP contribution in [0, 0.1) is 6.92 Å². The molecule has 0 fully saturated rings. The van der Waals surface area contributed by atoms with Crippen LogP contribution >= 0.6 is 15.9 Å². The van der Waals surface area contributed by atoms with E-state index in [2.05, 4.69) is 45.3 Å². The van der Waals surface area contributed by atoms with Gasteiger partial charge in [-0.1, -0.05) is 46.3 Å². The van der Waals surface area contributed by atoms with E-state index >= 15 is 0 Å². The molecule has 0 unspecified atom stereocenters. The van der Waals surface area contributed by atoms with Gasteiger partial charge < -0.3 is 10.3 Å². The Morgan fingerprint density at radius 3 is 2.83 bits per heavy atom. The van der Waals surface area contributed by atoms with Crippen molar-refractivity contribution in [1.29, 1.82) is 0 Å². The average Bonchev–Trinajstić information content (AvgIpc) is 2.83. The van der Waals surface area contributed by atoms with Crippen molar-refractivity contribution < 1.29 is 4.79 Å². The van der Waals surface area contributed by atoms with Gasteiger partial charge in [-0.3, -0.25) is 4.79 Å². The first-order valence-corrected chi connectivity index (χ1v) is 8.50. The average molecular weight is 371 g/mol. The number of benzene rings is 2. The Bertz CT molecular complexity index is 838. The molecule has 0 aliphatic carbocycles. The smallest absolute Gasteiger partial charge is 0.224 e. The minimum atomic E-state index is 0.0561. The van der Waals surface area contributed by atoms with Crippen molar-refractivity contribution in [1.82, 2.24) is 10.3 Å². The van der Waals surface area contributed by atoms with E-state index in [1.54, 1.807) is 0 Å². The van der Waals surface area contributed by atoms with Crippen LogP contribution in [0.25, 0.3) is 10.9 Å². The number of H-pyrrole nitrogens is 1. The second-order valence-corrected chi connectivity index (χ2v) is 6.60. The molecule has 1 aromatic heterocycles. The Morgan fingerprint density at radius 2 is 2.00 bits per heavy atom. The molecule has 1 heterocycles. The van der Waals surface area contributed by atoms with Crippen molar-refractivity contribution in [2.45, 2.75) is 19.8 Å². The van der Waals surface area contributed by atoms with Crippen molar-refractivity contribution in [3.05, 3.63) is 69.8 Å². The van der Waals surface area contributed by atoms with Crippen LogP contribution in [0.5, 0.6) is 0 Å². The molecule has 0 aliphatic rings. The summed E-state index contributed by atoms with van der Waals surface area (Å²) in [5.74, 6) is 0.0561. The fraction of sp³-hybridized carbons (Fsp3) is 0.211. The third kappa shape index (κ3) is 3.82. The van der Waals surface area contributed by atoms with E-state index in [0.717, 1.165) is 22.0 Å². The second kappa shape index (κ2) is 7.01. The Labute approximate surface area is 144 Å². The molecule has 3 rings (SSSR count). The van der Waals surface area contributed by atoms with E-state index in [4.69, 9.17) is 0 Å². The molecule has 2 aromatic carbocycles. The first-order valence-electron chi connectivity index (χ1n) is 7.71. The summed E-state index contributed by atoms with van der Waals surface area (Å²) in [6, 6.07) is 16.1. The molecule has 0 radical (unpaired) electrons. The number of carbonyl (C=O) groups excluding carboxylic acids is 1. The molecule has 0 bridgehead atoms. The molecule has 118 valence electrons. The van der Waals surface area contributed by atoms with E-state index < -0.39 is 0 Å². The molecule has 0 spiro atoms. The van der Waals surface area contributed by atoms with Gasteiger partial charge in [-0.05, 0) is 42.7 Å². The Kier molecular flexibility index (Phi) is 4.82. The van der Waals surface area contributed by atoms with Crippen LogP contribution in [-0.4, -0.2) is 17.4 Å². The van der Waals surface area contributed by atoms with E-state index in [9.17, 15) is 4.79 Å². The van der Waals surface area contributed by atoms with Gasteiger partial charge in [-0.2, -0.15) is 0 Å². The lowest BCUT2D eigenvalue weighted by atomic mass is 10.1. The van der Waals surface area contributed by atoms with Gasteiger partial charge in [0.25, 0.3) is 0 Å². The summed E-state index contributed by atoms with van der Waals surface area (Å²) in [7, 11) is 0. The molecular formula is C19H19BrN2O. The molecule has 0 aliphatic heterocycles. The summed E-state index contributed by atoms with van der Waals surface area (Å²) in [4.78, 5) is 15.5. The zero-order valence-electron chi connectivity index (χ0n) is 13.0. The summed E-state index contributed by atoms with van der Waals surface area (Å²) in [5, 5.41) is 4.25. The maximum Gasteiger partial charge on any atom is 0.224 e. The van der Waals surface area contributed by atoms with Crippen LogP contribution in [0.1, 0.15) is 16.8 Å². The topological polar surface area (TPSA) is 44.9 Å². The third-order valence-corrected chi connectivity index (χ3v) is 4.47. The molecule has 0 atom stereocenters. The molecular weight excluding hydrogens is 352 g/mol. The summed E-state index contributed by atoms with van der Waals surface area (Å²) in [6.07, 6.45) is 1.24. The number of para-hydroxylation sites is 1. The predicted octanol–water partition coefficient (Wildman–Crippen LogP) is 4.14. The number of fused-ring (bicyclic) bond motifs is 1. The summed E-state index contributed by atoms with van der Waals surface area (Å²) >= 11 is 3.43. The van der Waals surface area contributed by atoms with Crippen LogP contribution in [0.3, 0.4) is 0 Å². The minimum absolute atomic E-state index is 0.0561. The number of nitrogens with one attached hydrogen (secondary N) is 2. The SMILES string of the molecule is Cc1[nH]c2ccccc2c1CCNC(=O)Cc1cccc(Br)c1. The van der Waals surface area contributed by atoms with E-state index in [1.807, 2.05) is 36.4 Å². The van der Waals surface area contributed by atoms with Crippen molar-refractivity contribution in [2.75, 3.05) is 6.54 Å². The van der Waals surface area contributed by atoms with Gasteiger partial charge in [0, 0.05) is 27.6 Å². The second-order valence-electron chi connectivity index (χ2n) is 5.68. The molecule has 3 nitrogen and oxygen atoms in total. The largest absolute Gasteiger partial charge is 0.358 e. The van der Waals surface area contributed by atoms with Gasteiger partial charge in [-0.25, -0.2) is 0 Å². The highest BCUT2D eigenvalue weighted by molar-refractivity contribution is 9.10. The highest BCUT2D eigenvalue weighted by atomic mass is 79.9. The van der Waals surface area contributed by atoms with E-state index in [-0.39, 0.29) is 5.91 Å². The third-order valence-electron chi connectivity index (χ3n) is 3.98. The first-order chi connectivity index (χ1) is 11.1. The molecule has 4 heteroatoms. The van der Waals surface area contributed by atoms with E-state index in [1.165, 1.54) is 16.6 Å². The monoisotopic (exact) mass is 370 g/mol. The van der Waals surface area contributed by atoms with Gasteiger partial charge in [-0.15, -0.1) is 0 Å². The number of halogens is 1. The first kappa shape index (κ1) is 15.8. The zero-order valence-corrected chi connectivity index (χ0v) is 14.6. The number of carbonyl (C=O) groups is 1. The van der Waals surface area contributed by atoms with Crippen molar-refractivity contribution in [2.24, 2.45) is 0 Å². The maximum absolute atomic E-state index is 12.1. The number of amides is 1. The van der Waals surface area contributed by atoms with Gasteiger partial charge >= 0.3 is 0 Å². The highest BCUT2D eigenvalue weighted by Crippen LogP contribution is 2.21. The minimum Gasteiger partial charge on any atom is -0.358 e. The van der Waals surface area contributed by atoms with E-state index in [0.29, 0.717) is 13.0 Å². The predicted molar refractivity (Wildman–Crippen MR) is 97.6 cm³/mol. The normalized spacial score (nSPS) is 10.9. The number of hydrogen-bond acceptors (Lipinski definition) is 1. The summed E-state index contributed by atoms with van der Waals surface area (Å²) < 4.78 is 0.997. The summed E-state index contributed by atoms with van der Waals surface area (Å²) in [5.41, 5.74) is 4.62. The standard InChI is InChI=1S/C19H19BrN2O/c1-13-16(17-7-2-3-8-18(17)22-13)9-10-21-19(23)12-14-5-4-6-15(20)11-14/h2-8,11,22H,9-10,12H2,1H3,(H,21,23). The van der Waals surface area contributed by atoms with Gasteiger partial charge in [0.05, 0.1) is 6.42 Å². The fourth-order valence-corrected chi connectivity index (χ4v) is 3.33. The lowest BCUT2D eigenvalue weighted by Crippen LogP contribution is -2.27. The Morgan fingerprint density at radius 1 is 1.17 bits per heavy atom. The highest BCUT2D eigenvalue weighted by Gasteiger charge is 2.08. The van der Waals surface area contributed by atoms with Crippen LogP contribution in [-0.2, 0) is 17.6 Å². The Balaban J connectivity index is 1.58. The van der Waals surface area contributed by atoms with Crippen LogP contribution in [0.15, 0.2) is 53.0 Å². The van der Waals surface area contributed by atoms with Crippen LogP contribution in [0.4, 0.5) is 0 Å². The number of aryl methyl sites for hydroxylation is 1.